The molecule has 0 unspecified atom stereocenters. The molecule has 6 aromatic rings. The molecule has 0 bridgehead atoms. The SMILES string of the molecule is Cc1ncsc1-c1ccc(CNC(=O)[C@@H]2C[C@@H](O)CN2C(=O)[C@@H](NC(=O)COCCCOCCOCCOCCOc2ccc(NC(=O)c3c(-c4ccccc4)c(-c4ccc(F)cc4)n(CC[C@@H](O)C[C@@H](O)CC(=O)O)c3C(C)C)cc2)C(C)(C)C)cc1. The van der Waals surface area contributed by atoms with E-state index >= 15 is 0 Å². The number of ether oxygens (including phenoxy) is 5. The zero-order valence-electron chi connectivity index (χ0n) is 50.9. The second-order valence-electron chi connectivity index (χ2n) is 23.1. The molecule has 22 heteroatoms. The van der Waals surface area contributed by atoms with Gasteiger partial charge in [-0.1, -0.05) is 89.2 Å². The van der Waals surface area contributed by atoms with E-state index in [0.29, 0.717) is 85.6 Å². The largest absolute Gasteiger partial charge is 0.491 e. The summed E-state index contributed by atoms with van der Waals surface area (Å²) in [5.74, 6) is -2.96. The Hall–Kier alpha value is -7.41. The lowest BCUT2D eigenvalue weighted by molar-refractivity contribution is -0.144. The molecule has 474 valence electrons. The number of hydrogen-bond acceptors (Lipinski definition) is 15. The Morgan fingerprint density at radius 1 is 0.784 bits per heavy atom. The van der Waals surface area contributed by atoms with E-state index in [9.17, 15) is 43.7 Å². The maximum Gasteiger partial charge on any atom is 0.305 e. The number of nitrogens with one attached hydrogen (secondary N) is 3. The first-order chi connectivity index (χ1) is 42.2. The van der Waals surface area contributed by atoms with Gasteiger partial charge in [0, 0.05) is 56.2 Å². The fourth-order valence-corrected chi connectivity index (χ4v) is 11.3. The number of aliphatic carboxylic acids is 1. The fourth-order valence-electron chi connectivity index (χ4n) is 10.5. The summed E-state index contributed by atoms with van der Waals surface area (Å²) in [4.78, 5) is 73.1. The lowest BCUT2D eigenvalue weighted by Gasteiger charge is -2.35. The molecule has 5 atom stereocenters. The van der Waals surface area contributed by atoms with Gasteiger partial charge in [-0.2, -0.15) is 0 Å². The highest BCUT2D eigenvalue weighted by Crippen LogP contribution is 2.43. The van der Waals surface area contributed by atoms with Crippen LogP contribution < -0.4 is 20.7 Å². The quantitative estimate of drug-likeness (QED) is 0.0187. The number of aromatic nitrogens is 2. The van der Waals surface area contributed by atoms with Crippen molar-refractivity contribution < 1.29 is 72.5 Å². The van der Waals surface area contributed by atoms with Crippen LogP contribution in [0.1, 0.15) is 99.9 Å². The number of aryl methyl sites for hydroxylation is 1. The lowest BCUT2D eigenvalue weighted by atomic mass is 9.85. The lowest BCUT2D eigenvalue weighted by Crippen LogP contribution is -2.58. The number of β-amino-alcohol motifs (C(OH)–C–C–N with tert-alkyl or cyclic N) is 1. The van der Waals surface area contributed by atoms with Gasteiger partial charge in [-0.05, 0) is 108 Å². The number of halogens is 1. The van der Waals surface area contributed by atoms with E-state index in [2.05, 4.69) is 20.9 Å². The summed E-state index contributed by atoms with van der Waals surface area (Å²) in [6.07, 6.45) is -3.09. The number of aliphatic hydroxyl groups excluding tert-OH is 3. The third-order valence-electron chi connectivity index (χ3n) is 14.8. The highest BCUT2D eigenvalue weighted by atomic mass is 32.1. The predicted molar refractivity (Wildman–Crippen MR) is 332 cm³/mol. The van der Waals surface area contributed by atoms with Gasteiger partial charge in [-0.15, -0.1) is 11.3 Å². The van der Waals surface area contributed by atoms with E-state index in [1.807, 2.05) is 101 Å². The molecule has 1 saturated heterocycles. The molecule has 4 aromatic carbocycles. The van der Waals surface area contributed by atoms with Crippen molar-refractivity contribution in [2.75, 3.05) is 71.3 Å². The van der Waals surface area contributed by atoms with Crippen LogP contribution in [0.3, 0.4) is 0 Å². The highest BCUT2D eigenvalue weighted by Gasteiger charge is 2.44. The summed E-state index contributed by atoms with van der Waals surface area (Å²) < 4.78 is 44.8. The first-order valence-corrected chi connectivity index (χ1v) is 30.6. The van der Waals surface area contributed by atoms with Gasteiger partial charge in [0.05, 0.1) is 85.1 Å². The number of nitrogens with zero attached hydrogens (tertiary/aromatic N) is 3. The summed E-state index contributed by atoms with van der Waals surface area (Å²) in [6, 6.07) is 28.3. The number of anilines is 1. The number of thiazole rings is 1. The van der Waals surface area contributed by atoms with Gasteiger partial charge in [-0.3, -0.25) is 24.0 Å². The molecule has 0 saturated carbocycles. The molecule has 1 aliphatic rings. The zero-order chi connectivity index (χ0) is 63.3. The average Bonchev–Trinajstić information content (AvgIpc) is 1.97. The molecule has 88 heavy (non-hydrogen) atoms. The summed E-state index contributed by atoms with van der Waals surface area (Å²) in [5, 5.41) is 49.7. The molecule has 7 N–H and O–H groups in total. The summed E-state index contributed by atoms with van der Waals surface area (Å²) in [6.45, 7) is 14.0. The Labute approximate surface area is 517 Å². The molecule has 20 nitrogen and oxygen atoms in total. The van der Waals surface area contributed by atoms with Crippen LogP contribution in [0.15, 0.2) is 109 Å². The topological polar surface area (TPSA) is 270 Å². The van der Waals surface area contributed by atoms with Crippen LogP contribution >= 0.6 is 11.3 Å². The number of carboxylic acids is 1. The smallest absolute Gasteiger partial charge is 0.305 e. The highest BCUT2D eigenvalue weighted by molar-refractivity contribution is 7.13. The second-order valence-corrected chi connectivity index (χ2v) is 24.0. The Morgan fingerprint density at radius 2 is 1.42 bits per heavy atom. The number of rotatable bonds is 34. The van der Waals surface area contributed by atoms with Gasteiger partial charge in [0.2, 0.25) is 17.7 Å². The number of benzene rings is 4. The monoisotopic (exact) mass is 1230 g/mol. The molecule has 4 amide bonds. The zero-order valence-corrected chi connectivity index (χ0v) is 51.7. The first-order valence-electron chi connectivity index (χ1n) is 29.7. The Balaban J connectivity index is 0.782. The van der Waals surface area contributed by atoms with Crippen LogP contribution in [-0.4, -0.2) is 161 Å². The van der Waals surface area contributed by atoms with Gasteiger partial charge < -0.3 is 69.5 Å². The number of hydrogen-bond donors (Lipinski definition) is 7. The third-order valence-corrected chi connectivity index (χ3v) is 15.8. The number of aliphatic hydroxyl groups is 3. The molecule has 0 spiro atoms. The molecule has 1 aliphatic heterocycles. The summed E-state index contributed by atoms with van der Waals surface area (Å²) in [7, 11) is 0. The van der Waals surface area contributed by atoms with Crippen LogP contribution in [0.5, 0.6) is 5.75 Å². The van der Waals surface area contributed by atoms with E-state index in [0.717, 1.165) is 27.3 Å². The minimum atomic E-state index is -1.24. The standard InChI is InChI=1S/C66H83FN6O14S/c1-42(2)59-58(57(45-11-8-7-9-12-45)60(46-17-19-48(67)20-18-46)72(59)26-25-50(74)35-51(75)37-56(78)79)64(81)70-49-21-23-53(24-22-49)87-34-33-85-32-31-84-30-29-83-27-10-28-86-40-55(77)71-62(66(4,5)6)65(82)73-39-52(76)36-54(73)63(80)68-38-44-13-15-47(16-14-44)61-43(3)69-41-88-61/h7-9,11-24,41-42,50-52,54,62,74-76H,10,25-40H2,1-6H3,(H,68,80)(H,70,81)(H,71,77)(H,78,79)/t50-,51-,52-,54+,62-/m1/s1. The van der Waals surface area contributed by atoms with Crippen molar-refractivity contribution in [2.45, 2.75) is 123 Å². The molecule has 7 rings (SSSR count). The van der Waals surface area contributed by atoms with Gasteiger partial charge in [0.1, 0.15) is 36.9 Å². The van der Waals surface area contributed by atoms with Gasteiger partial charge in [0.25, 0.3) is 5.91 Å². The number of carbonyl (C=O) groups excluding carboxylic acids is 4. The van der Waals surface area contributed by atoms with Crippen molar-refractivity contribution in [1.82, 2.24) is 25.1 Å². The number of amides is 4. The van der Waals surface area contributed by atoms with Gasteiger partial charge >= 0.3 is 5.97 Å². The van der Waals surface area contributed by atoms with Crippen LogP contribution in [0.4, 0.5) is 10.1 Å². The number of likely N-dealkylation sites (tertiary alicyclic amines) is 1. The van der Waals surface area contributed by atoms with E-state index in [-0.39, 0.29) is 76.4 Å². The van der Waals surface area contributed by atoms with Crippen molar-refractivity contribution >= 4 is 46.6 Å². The Bertz CT molecular complexity index is 3210. The minimum Gasteiger partial charge on any atom is -0.491 e. The van der Waals surface area contributed by atoms with Crippen molar-refractivity contribution in [1.29, 1.82) is 0 Å². The van der Waals surface area contributed by atoms with E-state index in [1.165, 1.54) is 17.0 Å². The fraction of sp³-hybridized carbons (Fsp3) is 0.455. The molecule has 0 aliphatic carbocycles. The first kappa shape index (κ1) is 68.1. The normalized spacial score (nSPS) is 15.2. The van der Waals surface area contributed by atoms with E-state index < -0.39 is 65.8 Å². The predicted octanol–water partition coefficient (Wildman–Crippen LogP) is 8.39. The van der Waals surface area contributed by atoms with Crippen LogP contribution in [0.2, 0.25) is 0 Å². The van der Waals surface area contributed by atoms with Crippen molar-refractivity contribution in [3.63, 3.8) is 0 Å². The Morgan fingerprint density at radius 3 is 2.05 bits per heavy atom. The average molecular weight is 1240 g/mol. The van der Waals surface area contributed by atoms with Gasteiger partial charge in [-0.25, -0.2) is 9.37 Å². The van der Waals surface area contributed by atoms with Crippen molar-refractivity contribution in [3.8, 4) is 38.6 Å². The van der Waals surface area contributed by atoms with Crippen LogP contribution in [-0.2, 0) is 51.2 Å². The number of carboxylic acid groups (broad SMARTS) is 1. The molecular formula is C66H83FN6O14S. The van der Waals surface area contributed by atoms with Crippen LogP contribution in [0.25, 0.3) is 32.8 Å². The second kappa shape index (κ2) is 33.3. The molecule has 0 radical (unpaired) electrons. The maximum atomic E-state index is 14.6. The maximum absolute atomic E-state index is 14.6. The molecular weight excluding hydrogens is 1150 g/mol. The van der Waals surface area contributed by atoms with Crippen molar-refractivity contribution in [2.24, 2.45) is 5.41 Å². The van der Waals surface area contributed by atoms with E-state index in [1.54, 1.807) is 53.2 Å². The molecule has 2 aromatic heterocycles. The summed E-state index contributed by atoms with van der Waals surface area (Å²) in [5.41, 5.74) is 8.20. The molecule has 3 heterocycles. The third kappa shape index (κ3) is 19.8. The Kier molecular flexibility index (Phi) is 25.7. The van der Waals surface area contributed by atoms with E-state index in [4.69, 9.17) is 28.8 Å². The van der Waals surface area contributed by atoms with Gasteiger partial charge in [0.15, 0.2) is 0 Å². The van der Waals surface area contributed by atoms with Crippen molar-refractivity contribution in [3.05, 3.63) is 137 Å². The summed E-state index contributed by atoms with van der Waals surface area (Å²) >= 11 is 1.56. The minimum absolute atomic E-state index is 0.0325. The van der Waals surface area contributed by atoms with Crippen LogP contribution in [0, 0.1) is 18.2 Å². The molecule has 1 fully saturated rings. The number of carbonyl (C=O) groups is 5.